The molecule has 0 spiro atoms. The molecule has 104 valence electrons. The van der Waals surface area contributed by atoms with E-state index in [4.69, 9.17) is 15.0 Å². The Bertz CT molecular complexity index is 504. The minimum atomic E-state index is 0.118. The predicted octanol–water partition coefficient (Wildman–Crippen LogP) is 2.47. The first-order chi connectivity index (χ1) is 9.22. The molecular weight excluding hydrogens is 242 g/mol. The van der Waals surface area contributed by atoms with Crippen molar-refractivity contribution in [3.05, 3.63) is 41.5 Å². The van der Waals surface area contributed by atoms with Crippen LogP contribution in [-0.4, -0.2) is 16.8 Å². The summed E-state index contributed by atoms with van der Waals surface area (Å²) in [7, 11) is 1.63. The van der Waals surface area contributed by atoms with Gasteiger partial charge in [-0.1, -0.05) is 18.5 Å². The first kappa shape index (κ1) is 13.8. The van der Waals surface area contributed by atoms with Gasteiger partial charge in [-0.05, 0) is 18.1 Å². The Morgan fingerprint density at radius 3 is 3.11 bits per heavy atom. The number of ether oxygens (including phenoxy) is 1. The number of nitrogens with zero attached hydrogens (tertiary/aromatic N) is 2. The van der Waals surface area contributed by atoms with Gasteiger partial charge in [0.2, 0.25) is 0 Å². The summed E-state index contributed by atoms with van der Waals surface area (Å²) < 4.78 is 12.2. The second-order valence-corrected chi connectivity index (χ2v) is 4.73. The summed E-state index contributed by atoms with van der Waals surface area (Å²) in [6.45, 7) is 3.28. The number of rotatable bonds is 7. The molecule has 5 heteroatoms. The standard InChI is InChI=1S/C14H21N3O2/c1-3-4-14(15)11-5-6-17(8-11)9-12-7-13(10-18-2)19-16-12/h5-8,14H,3-4,9-10,15H2,1-2H3. The van der Waals surface area contributed by atoms with Crippen molar-refractivity contribution in [3.8, 4) is 0 Å². The SMILES string of the molecule is CCCC(N)c1ccn(Cc2cc(COC)on2)c1. The Balaban J connectivity index is 1.98. The van der Waals surface area contributed by atoms with Gasteiger partial charge in [0, 0.05) is 31.6 Å². The van der Waals surface area contributed by atoms with Crippen LogP contribution in [0.4, 0.5) is 0 Å². The first-order valence-corrected chi connectivity index (χ1v) is 6.57. The molecule has 0 aliphatic heterocycles. The van der Waals surface area contributed by atoms with Crippen LogP contribution in [0.5, 0.6) is 0 Å². The fourth-order valence-electron chi connectivity index (χ4n) is 2.08. The van der Waals surface area contributed by atoms with Gasteiger partial charge in [-0.25, -0.2) is 0 Å². The lowest BCUT2D eigenvalue weighted by molar-refractivity contribution is 0.155. The fraction of sp³-hybridized carbons (Fsp3) is 0.500. The highest BCUT2D eigenvalue weighted by atomic mass is 16.5. The zero-order chi connectivity index (χ0) is 13.7. The zero-order valence-corrected chi connectivity index (χ0v) is 11.5. The van der Waals surface area contributed by atoms with Crippen molar-refractivity contribution in [1.29, 1.82) is 0 Å². The van der Waals surface area contributed by atoms with Crippen molar-refractivity contribution >= 4 is 0 Å². The summed E-state index contributed by atoms with van der Waals surface area (Å²) in [5, 5.41) is 4.01. The van der Waals surface area contributed by atoms with E-state index >= 15 is 0 Å². The van der Waals surface area contributed by atoms with Gasteiger partial charge < -0.3 is 19.6 Å². The summed E-state index contributed by atoms with van der Waals surface area (Å²) in [6, 6.07) is 4.10. The third-order valence-electron chi connectivity index (χ3n) is 3.04. The van der Waals surface area contributed by atoms with Crippen LogP contribution in [0.3, 0.4) is 0 Å². The van der Waals surface area contributed by atoms with Crippen LogP contribution < -0.4 is 5.73 Å². The lowest BCUT2D eigenvalue weighted by Gasteiger charge is -2.07. The molecule has 0 fully saturated rings. The summed E-state index contributed by atoms with van der Waals surface area (Å²) >= 11 is 0. The van der Waals surface area contributed by atoms with E-state index in [2.05, 4.69) is 28.9 Å². The van der Waals surface area contributed by atoms with Crippen LogP contribution >= 0.6 is 0 Å². The van der Waals surface area contributed by atoms with Crippen LogP contribution in [-0.2, 0) is 17.9 Å². The van der Waals surface area contributed by atoms with Gasteiger partial charge in [-0.2, -0.15) is 0 Å². The number of aromatic nitrogens is 2. The smallest absolute Gasteiger partial charge is 0.162 e. The monoisotopic (exact) mass is 263 g/mol. The number of nitrogens with two attached hydrogens (primary N) is 1. The molecule has 19 heavy (non-hydrogen) atoms. The molecule has 0 saturated heterocycles. The van der Waals surface area contributed by atoms with E-state index in [1.165, 1.54) is 5.56 Å². The van der Waals surface area contributed by atoms with Crippen molar-refractivity contribution in [2.45, 2.75) is 39.0 Å². The second-order valence-electron chi connectivity index (χ2n) is 4.73. The maximum Gasteiger partial charge on any atom is 0.162 e. The highest BCUT2D eigenvalue weighted by Crippen LogP contribution is 2.16. The molecule has 2 N–H and O–H groups in total. The van der Waals surface area contributed by atoms with Gasteiger partial charge in [0.05, 0.1) is 6.54 Å². The zero-order valence-electron chi connectivity index (χ0n) is 11.5. The molecule has 0 aliphatic rings. The third kappa shape index (κ3) is 3.68. The molecule has 0 saturated carbocycles. The largest absolute Gasteiger partial charge is 0.377 e. The Hall–Kier alpha value is -1.59. The average Bonchev–Trinajstić information content (AvgIpc) is 3.00. The van der Waals surface area contributed by atoms with Crippen LogP contribution in [0.2, 0.25) is 0 Å². The van der Waals surface area contributed by atoms with Crippen molar-refractivity contribution in [2.24, 2.45) is 5.73 Å². The lowest BCUT2D eigenvalue weighted by Crippen LogP contribution is -2.08. The van der Waals surface area contributed by atoms with E-state index < -0.39 is 0 Å². The van der Waals surface area contributed by atoms with Crippen LogP contribution in [0.1, 0.15) is 42.8 Å². The number of methoxy groups -OCH3 is 1. The molecule has 2 aromatic heterocycles. The third-order valence-corrected chi connectivity index (χ3v) is 3.04. The van der Waals surface area contributed by atoms with Crippen molar-refractivity contribution in [3.63, 3.8) is 0 Å². The van der Waals surface area contributed by atoms with Crippen molar-refractivity contribution in [1.82, 2.24) is 9.72 Å². The number of hydrogen-bond acceptors (Lipinski definition) is 4. The van der Waals surface area contributed by atoms with Gasteiger partial charge in [0.15, 0.2) is 5.76 Å². The summed E-state index contributed by atoms with van der Waals surface area (Å²) in [4.78, 5) is 0. The second kappa shape index (κ2) is 6.54. The molecule has 5 nitrogen and oxygen atoms in total. The van der Waals surface area contributed by atoms with E-state index in [0.717, 1.165) is 24.3 Å². The predicted molar refractivity (Wildman–Crippen MR) is 72.6 cm³/mol. The van der Waals surface area contributed by atoms with E-state index in [1.807, 2.05) is 12.3 Å². The molecular formula is C14H21N3O2. The number of hydrogen-bond donors (Lipinski definition) is 1. The van der Waals surface area contributed by atoms with E-state index in [-0.39, 0.29) is 6.04 Å². The summed E-state index contributed by atoms with van der Waals surface area (Å²) in [5.74, 6) is 0.743. The Labute approximate surface area is 113 Å². The Morgan fingerprint density at radius 1 is 1.53 bits per heavy atom. The molecule has 2 heterocycles. The average molecular weight is 263 g/mol. The first-order valence-electron chi connectivity index (χ1n) is 6.57. The molecule has 1 unspecified atom stereocenters. The van der Waals surface area contributed by atoms with Gasteiger partial charge in [-0.15, -0.1) is 0 Å². The lowest BCUT2D eigenvalue weighted by atomic mass is 10.1. The minimum absolute atomic E-state index is 0.118. The maximum atomic E-state index is 6.09. The molecule has 0 amide bonds. The molecule has 2 rings (SSSR count). The van der Waals surface area contributed by atoms with E-state index in [0.29, 0.717) is 13.2 Å². The van der Waals surface area contributed by atoms with Gasteiger partial charge >= 0.3 is 0 Å². The van der Waals surface area contributed by atoms with Crippen LogP contribution in [0.25, 0.3) is 0 Å². The Morgan fingerprint density at radius 2 is 2.37 bits per heavy atom. The van der Waals surface area contributed by atoms with Crippen LogP contribution in [0.15, 0.2) is 29.0 Å². The molecule has 0 aromatic carbocycles. The van der Waals surface area contributed by atoms with E-state index in [9.17, 15) is 0 Å². The van der Waals surface area contributed by atoms with Crippen molar-refractivity contribution in [2.75, 3.05) is 7.11 Å². The van der Waals surface area contributed by atoms with Crippen molar-refractivity contribution < 1.29 is 9.26 Å². The molecule has 0 radical (unpaired) electrons. The molecule has 1 atom stereocenters. The van der Waals surface area contributed by atoms with Gasteiger partial charge in [-0.3, -0.25) is 0 Å². The van der Waals surface area contributed by atoms with Gasteiger partial charge in [0.1, 0.15) is 12.3 Å². The summed E-state index contributed by atoms with van der Waals surface area (Å²) in [6.07, 6.45) is 6.20. The van der Waals surface area contributed by atoms with E-state index in [1.54, 1.807) is 7.11 Å². The highest BCUT2D eigenvalue weighted by molar-refractivity contribution is 5.16. The van der Waals surface area contributed by atoms with Crippen LogP contribution in [0, 0.1) is 0 Å². The molecule has 0 bridgehead atoms. The molecule has 2 aromatic rings. The minimum Gasteiger partial charge on any atom is -0.377 e. The fourth-order valence-corrected chi connectivity index (χ4v) is 2.08. The van der Waals surface area contributed by atoms with Gasteiger partial charge in [0.25, 0.3) is 0 Å². The quantitative estimate of drug-likeness (QED) is 0.833. The highest BCUT2D eigenvalue weighted by Gasteiger charge is 2.08. The summed E-state index contributed by atoms with van der Waals surface area (Å²) in [5.41, 5.74) is 8.15. The maximum absolute atomic E-state index is 6.09. The Kier molecular flexibility index (Phi) is 4.76. The normalized spacial score (nSPS) is 12.8. The molecule has 0 aliphatic carbocycles. The topological polar surface area (TPSA) is 66.2 Å².